The molecule has 1 aliphatic rings. The summed E-state index contributed by atoms with van der Waals surface area (Å²) in [5.74, 6) is 0. The lowest BCUT2D eigenvalue weighted by Gasteiger charge is -2.32. The maximum atomic E-state index is 5.74. The minimum absolute atomic E-state index is 0.374. The van der Waals surface area contributed by atoms with Gasteiger partial charge < -0.3 is 10.1 Å². The van der Waals surface area contributed by atoms with E-state index in [0.29, 0.717) is 18.2 Å². The molecule has 2 unspecified atom stereocenters. The number of hydrogen-bond acceptors (Lipinski definition) is 2. The van der Waals surface area contributed by atoms with Crippen LogP contribution in [0, 0.1) is 0 Å². The molecule has 2 rings (SSSR count). The first-order chi connectivity index (χ1) is 8.13. The van der Waals surface area contributed by atoms with Gasteiger partial charge in [0.1, 0.15) is 0 Å². The molecular formula is C14H20BrNO. The summed E-state index contributed by atoms with van der Waals surface area (Å²) in [6.45, 7) is 5.25. The van der Waals surface area contributed by atoms with Crippen molar-refractivity contribution in [3.8, 4) is 0 Å². The zero-order valence-corrected chi connectivity index (χ0v) is 12.0. The van der Waals surface area contributed by atoms with Crippen LogP contribution in [0.2, 0.25) is 0 Å². The second-order valence-corrected chi connectivity index (χ2v) is 5.85. The van der Waals surface area contributed by atoms with Gasteiger partial charge in [0.25, 0.3) is 0 Å². The molecule has 0 amide bonds. The van der Waals surface area contributed by atoms with E-state index >= 15 is 0 Å². The van der Waals surface area contributed by atoms with Gasteiger partial charge in [0.15, 0.2) is 0 Å². The molecule has 1 aromatic rings. The lowest BCUT2D eigenvalue weighted by atomic mass is 9.99. The molecule has 1 aliphatic heterocycles. The lowest BCUT2D eigenvalue weighted by molar-refractivity contribution is -0.0422. The van der Waals surface area contributed by atoms with Crippen LogP contribution in [0.25, 0.3) is 0 Å². The molecule has 0 aliphatic carbocycles. The Kier molecular flexibility index (Phi) is 4.60. The predicted molar refractivity (Wildman–Crippen MR) is 74.0 cm³/mol. The lowest BCUT2D eigenvalue weighted by Crippen LogP contribution is -2.40. The summed E-state index contributed by atoms with van der Waals surface area (Å²) in [5.41, 5.74) is 1.33. The van der Waals surface area contributed by atoms with Crippen LogP contribution in [0.4, 0.5) is 0 Å². The highest BCUT2D eigenvalue weighted by molar-refractivity contribution is 9.10. The van der Waals surface area contributed by atoms with E-state index in [1.54, 1.807) is 0 Å². The molecular weight excluding hydrogens is 278 g/mol. The van der Waals surface area contributed by atoms with Gasteiger partial charge in [-0.2, -0.15) is 0 Å². The van der Waals surface area contributed by atoms with Gasteiger partial charge in [0.2, 0.25) is 0 Å². The van der Waals surface area contributed by atoms with Crippen molar-refractivity contribution < 1.29 is 4.74 Å². The third-order valence-corrected chi connectivity index (χ3v) is 3.67. The molecule has 17 heavy (non-hydrogen) atoms. The Hall–Kier alpha value is -0.380. The molecule has 0 aromatic heterocycles. The summed E-state index contributed by atoms with van der Waals surface area (Å²) >= 11 is 3.50. The second-order valence-electron chi connectivity index (χ2n) is 4.94. The Morgan fingerprint density at radius 1 is 1.29 bits per heavy atom. The fourth-order valence-corrected chi connectivity index (χ4v) is 2.93. The fourth-order valence-electron chi connectivity index (χ4n) is 2.48. The molecule has 0 bridgehead atoms. The van der Waals surface area contributed by atoms with Gasteiger partial charge >= 0.3 is 0 Å². The summed E-state index contributed by atoms with van der Waals surface area (Å²) < 4.78 is 6.88. The molecule has 0 saturated carbocycles. The van der Waals surface area contributed by atoms with Crippen molar-refractivity contribution in [1.82, 2.24) is 5.32 Å². The quantitative estimate of drug-likeness (QED) is 0.922. The highest BCUT2D eigenvalue weighted by atomic mass is 79.9. The van der Waals surface area contributed by atoms with Crippen molar-refractivity contribution in [3.05, 3.63) is 34.3 Å². The standard InChI is InChI=1S/C14H20BrNO/c1-10-6-14(7-11(2)17-10)16-9-12-4-3-5-13(15)8-12/h3-5,8,10-11,14,16H,6-7,9H2,1-2H3. The van der Waals surface area contributed by atoms with Crippen molar-refractivity contribution >= 4 is 15.9 Å². The van der Waals surface area contributed by atoms with E-state index in [-0.39, 0.29) is 0 Å². The number of halogens is 1. The molecule has 94 valence electrons. The van der Waals surface area contributed by atoms with Crippen LogP contribution < -0.4 is 5.32 Å². The Morgan fingerprint density at radius 3 is 2.65 bits per heavy atom. The molecule has 1 saturated heterocycles. The van der Waals surface area contributed by atoms with Gasteiger partial charge in [0, 0.05) is 17.1 Å². The van der Waals surface area contributed by atoms with E-state index in [2.05, 4.69) is 59.4 Å². The third kappa shape index (κ3) is 4.09. The average molecular weight is 298 g/mol. The molecule has 0 radical (unpaired) electrons. The monoisotopic (exact) mass is 297 g/mol. The first-order valence-corrected chi connectivity index (χ1v) is 7.06. The molecule has 2 atom stereocenters. The van der Waals surface area contributed by atoms with E-state index in [4.69, 9.17) is 4.74 Å². The van der Waals surface area contributed by atoms with Crippen LogP contribution in [0.1, 0.15) is 32.3 Å². The first-order valence-electron chi connectivity index (χ1n) is 6.27. The van der Waals surface area contributed by atoms with Crippen LogP contribution in [0.3, 0.4) is 0 Å². The van der Waals surface area contributed by atoms with Crippen molar-refractivity contribution in [2.45, 2.75) is 51.5 Å². The minimum atomic E-state index is 0.374. The third-order valence-electron chi connectivity index (χ3n) is 3.18. The smallest absolute Gasteiger partial charge is 0.0565 e. The van der Waals surface area contributed by atoms with Crippen molar-refractivity contribution in [3.63, 3.8) is 0 Å². The van der Waals surface area contributed by atoms with Gasteiger partial charge in [0.05, 0.1) is 12.2 Å². The molecule has 1 aromatic carbocycles. The van der Waals surface area contributed by atoms with E-state index in [1.165, 1.54) is 5.56 Å². The maximum Gasteiger partial charge on any atom is 0.0565 e. The SMILES string of the molecule is CC1CC(NCc2cccc(Br)c2)CC(C)O1. The van der Waals surface area contributed by atoms with Crippen LogP contribution in [0.5, 0.6) is 0 Å². The molecule has 0 spiro atoms. The topological polar surface area (TPSA) is 21.3 Å². The predicted octanol–water partition coefficient (Wildman–Crippen LogP) is 3.49. The second kappa shape index (κ2) is 5.98. The van der Waals surface area contributed by atoms with Crippen LogP contribution in [-0.4, -0.2) is 18.2 Å². The number of rotatable bonds is 3. The summed E-state index contributed by atoms with van der Waals surface area (Å²) in [7, 11) is 0. The molecule has 1 N–H and O–H groups in total. The van der Waals surface area contributed by atoms with Gasteiger partial charge in [-0.05, 0) is 44.4 Å². The van der Waals surface area contributed by atoms with Gasteiger partial charge in [-0.25, -0.2) is 0 Å². The van der Waals surface area contributed by atoms with E-state index in [1.807, 2.05) is 0 Å². The summed E-state index contributed by atoms with van der Waals surface area (Å²) in [6, 6.07) is 9.04. The first kappa shape index (κ1) is 13.1. The largest absolute Gasteiger partial charge is 0.375 e. The maximum absolute atomic E-state index is 5.74. The number of hydrogen-bond donors (Lipinski definition) is 1. The van der Waals surface area contributed by atoms with Crippen molar-refractivity contribution in [1.29, 1.82) is 0 Å². The Bertz CT molecular complexity index is 359. The number of ether oxygens (including phenoxy) is 1. The van der Waals surface area contributed by atoms with E-state index < -0.39 is 0 Å². The van der Waals surface area contributed by atoms with Gasteiger partial charge in [-0.15, -0.1) is 0 Å². The molecule has 3 heteroatoms. The van der Waals surface area contributed by atoms with Crippen molar-refractivity contribution in [2.75, 3.05) is 0 Å². The normalized spacial score (nSPS) is 29.2. The van der Waals surface area contributed by atoms with Crippen LogP contribution >= 0.6 is 15.9 Å². The molecule has 2 nitrogen and oxygen atoms in total. The zero-order chi connectivity index (χ0) is 12.3. The summed E-state index contributed by atoms with van der Waals surface area (Å²) in [6.07, 6.45) is 2.97. The van der Waals surface area contributed by atoms with Gasteiger partial charge in [-0.3, -0.25) is 0 Å². The Balaban J connectivity index is 1.85. The molecule has 1 heterocycles. The number of nitrogens with one attached hydrogen (secondary N) is 1. The van der Waals surface area contributed by atoms with Gasteiger partial charge in [-0.1, -0.05) is 28.1 Å². The highest BCUT2D eigenvalue weighted by Crippen LogP contribution is 2.19. The Morgan fingerprint density at radius 2 is 2.00 bits per heavy atom. The summed E-state index contributed by atoms with van der Waals surface area (Å²) in [4.78, 5) is 0. The minimum Gasteiger partial charge on any atom is -0.375 e. The Labute approximate surface area is 112 Å². The average Bonchev–Trinajstić information content (AvgIpc) is 2.25. The highest BCUT2D eigenvalue weighted by Gasteiger charge is 2.23. The number of benzene rings is 1. The van der Waals surface area contributed by atoms with E-state index in [0.717, 1.165) is 23.9 Å². The fraction of sp³-hybridized carbons (Fsp3) is 0.571. The van der Waals surface area contributed by atoms with Crippen molar-refractivity contribution in [2.24, 2.45) is 0 Å². The van der Waals surface area contributed by atoms with Crippen LogP contribution in [0.15, 0.2) is 28.7 Å². The van der Waals surface area contributed by atoms with E-state index in [9.17, 15) is 0 Å². The summed E-state index contributed by atoms with van der Waals surface area (Å²) in [5, 5.41) is 3.63. The van der Waals surface area contributed by atoms with Crippen LogP contribution in [-0.2, 0) is 11.3 Å². The zero-order valence-electron chi connectivity index (χ0n) is 10.4. The molecule has 1 fully saturated rings.